The van der Waals surface area contributed by atoms with Crippen LogP contribution >= 0.6 is 0 Å². The molecule has 0 aromatic heterocycles. The van der Waals surface area contributed by atoms with Crippen molar-refractivity contribution < 1.29 is 23.8 Å². The van der Waals surface area contributed by atoms with Crippen LogP contribution in [0.3, 0.4) is 0 Å². The molecule has 0 aliphatic carbocycles. The summed E-state index contributed by atoms with van der Waals surface area (Å²) in [6, 6.07) is 16.1. The molecule has 2 amide bonds. The van der Waals surface area contributed by atoms with Crippen LogP contribution in [0.1, 0.15) is 21.5 Å². The number of hydrogen-bond donors (Lipinski definition) is 1. The number of rotatable bonds is 5. The van der Waals surface area contributed by atoms with Crippen LogP contribution in [0.15, 0.2) is 54.6 Å². The minimum Gasteiger partial charge on any atom is -0.493 e. The summed E-state index contributed by atoms with van der Waals surface area (Å²) in [5.74, 6) is 1.79. The number of carbonyl (C=O) groups is 2. The summed E-state index contributed by atoms with van der Waals surface area (Å²) in [7, 11) is 4.82. The van der Waals surface area contributed by atoms with E-state index in [0.717, 1.165) is 11.1 Å². The fourth-order valence-electron chi connectivity index (χ4n) is 3.63. The van der Waals surface area contributed by atoms with Crippen LogP contribution in [-0.4, -0.2) is 33.1 Å². The Morgan fingerprint density at radius 2 is 1.72 bits per heavy atom. The summed E-state index contributed by atoms with van der Waals surface area (Å²) < 4.78 is 16.5. The van der Waals surface area contributed by atoms with Gasteiger partial charge in [0.05, 0.1) is 31.9 Å². The third-order valence-corrected chi connectivity index (χ3v) is 5.31. The Balaban J connectivity index is 1.54. The summed E-state index contributed by atoms with van der Waals surface area (Å²) >= 11 is 0. The number of ether oxygens (including phenoxy) is 3. The molecule has 1 N–H and O–H groups in total. The number of carbonyl (C=O) groups excluding carboxylic acids is 2. The molecule has 0 saturated heterocycles. The number of aryl methyl sites for hydroxylation is 1. The van der Waals surface area contributed by atoms with Gasteiger partial charge in [0.15, 0.2) is 17.2 Å². The van der Waals surface area contributed by atoms with E-state index in [-0.39, 0.29) is 18.2 Å². The Morgan fingerprint density at radius 1 is 0.969 bits per heavy atom. The van der Waals surface area contributed by atoms with Crippen LogP contribution in [0, 0.1) is 6.92 Å². The average Bonchev–Trinajstić information content (AvgIpc) is 2.88. The van der Waals surface area contributed by atoms with Gasteiger partial charge in [-0.1, -0.05) is 12.1 Å². The molecular weight excluding hydrogens is 408 g/mol. The zero-order valence-corrected chi connectivity index (χ0v) is 18.4. The van der Waals surface area contributed by atoms with E-state index < -0.39 is 0 Å². The van der Waals surface area contributed by atoms with Crippen molar-refractivity contribution in [3.8, 4) is 23.0 Å². The van der Waals surface area contributed by atoms with Gasteiger partial charge in [-0.15, -0.1) is 0 Å². The fourth-order valence-corrected chi connectivity index (χ4v) is 3.63. The van der Waals surface area contributed by atoms with Crippen LogP contribution in [-0.2, 0) is 11.2 Å². The van der Waals surface area contributed by atoms with E-state index in [4.69, 9.17) is 14.2 Å². The first kappa shape index (κ1) is 21.2. The molecule has 7 heteroatoms. The monoisotopic (exact) mass is 432 g/mol. The number of amides is 2. The Hall–Kier alpha value is -4.00. The predicted molar refractivity (Wildman–Crippen MR) is 122 cm³/mol. The largest absolute Gasteiger partial charge is 0.493 e. The molecule has 7 nitrogen and oxygen atoms in total. The number of hydrogen-bond acceptors (Lipinski definition) is 5. The van der Waals surface area contributed by atoms with Gasteiger partial charge in [-0.2, -0.15) is 0 Å². The van der Waals surface area contributed by atoms with E-state index in [1.165, 1.54) is 0 Å². The zero-order valence-electron chi connectivity index (χ0n) is 18.4. The van der Waals surface area contributed by atoms with Gasteiger partial charge in [0, 0.05) is 12.7 Å². The first-order valence-electron chi connectivity index (χ1n) is 10.1. The molecular formula is C25H24N2O5. The number of methoxy groups -OCH3 is 2. The van der Waals surface area contributed by atoms with Crippen LogP contribution in [0.5, 0.6) is 23.0 Å². The van der Waals surface area contributed by atoms with E-state index >= 15 is 0 Å². The maximum absolute atomic E-state index is 13.1. The lowest BCUT2D eigenvalue weighted by atomic mass is 10.1. The van der Waals surface area contributed by atoms with Crippen LogP contribution in [0.25, 0.3) is 0 Å². The van der Waals surface area contributed by atoms with E-state index in [2.05, 4.69) is 5.32 Å². The van der Waals surface area contributed by atoms with Crippen LogP contribution in [0.2, 0.25) is 0 Å². The lowest BCUT2D eigenvalue weighted by Gasteiger charge is -2.16. The van der Waals surface area contributed by atoms with Gasteiger partial charge in [0.25, 0.3) is 5.91 Å². The second kappa shape index (κ2) is 8.63. The highest BCUT2D eigenvalue weighted by Crippen LogP contribution is 2.39. The van der Waals surface area contributed by atoms with E-state index in [9.17, 15) is 9.59 Å². The van der Waals surface area contributed by atoms with Gasteiger partial charge >= 0.3 is 0 Å². The quantitative estimate of drug-likeness (QED) is 0.639. The third-order valence-electron chi connectivity index (χ3n) is 5.31. The van der Waals surface area contributed by atoms with Crippen molar-refractivity contribution in [3.63, 3.8) is 0 Å². The highest BCUT2D eigenvalue weighted by Gasteiger charge is 2.26. The number of benzene rings is 3. The maximum atomic E-state index is 13.1. The molecule has 3 aromatic carbocycles. The molecule has 0 radical (unpaired) electrons. The first-order chi connectivity index (χ1) is 15.4. The standard InChI is InChI=1S/C25H24N2O5/c1-15-5-8-21-19(11-15)27(2)25(29)18-14-17(7-10-20(18)32-21)26-24(28)13-16-6-9-22(30-3)23(12-16)31-4/h5-12,14H,13H2,1-4H3,(H,26,28). The third kappa shape index (κ3) is 4.09. The predicted octanol–water partition coefficient (Wildman–Crippen LogP) is 4.58. The minimum absolute atomic E-state index is 0.145. The summed E-state index contributed by atoms with van der Waals surface area (Å²) in [5, 5.41) is 2.86. The molecule has 0 saturated carbocycles. The van der Waals surface area contributed by atoms with Crippen molar-refractivity contribution in [2.75, 3.05) is 31.5 Å². The van der Waals surface area contributed by atoms with Crippen LogP contribution < -0.4 is 24.4 Å². The zero-order chi connectivity index (χ0) is 22.8. The van der Waals surface area contributed by atoms with Gasteiger partial charge in [0.1, 0.15) is 5.75 Å². The topological polar surface area (TPSA) is 77.1 Å². The molecule has 0 atom stereocenters. The van der Waals surface area contributed by atoms with Crippen LogP contribution in [0.4, 0.5) is 11.4 Å². The molecule has 0 fully saturated rings. The van der Waals surface area contributed by atoms with Gasteiger partial charge in [-0.25, -0.2) is 0 Å². The molecule has 1 aliphatic heterocycles. The highest BCUT2D eigenvalue weighted by atomic mass is 16.5. The van der Waals surface area contributed by atoms with E-state index in [1.54, 1.807) is 56.5 Å². The highest BCUT2D eigenvalue weighted by molar-refractivity contribution is 6.10. The number of anilines is 2. The smallest absolute Gasteiger partial charge is 0.261 e. The number of fused-ring (bicyclic) bond motifs is 2. The summed E-state index contributed by atoms with van der Waals surface area (Å²) in [6.45, 7) is 1.96. The van der Waals surface area contributed by atoms with Crippen molar-refractivity contribution in [2.45, 2.75) is 13.3 Å². The first-order valence-corrected chi connectivity index (χ1v) is 10.1. The molecule has 164 valence electrons. The lowest BCUT2D eigenvalue weighted by molar-refractivity contribution is -0.115. The van der Waals surface area contributed by atoms with Crippen molar-refractivity contribution in [1.29, 1.82) is 0 Å². The Labute approximate surface area is 186 Å². The molecule has 1 heterocycles. The number of nitrogens with one attached hydrogen (secondary N) is 1. The second-order valence-corrected chi connectivity index (χ2v) is 7.56. The van der Waals surface area contributed by atoms with Gasteiger partial charge in [-0.3, -0.25) is 9.59 Å². The van der Waals surface area contributed by atoms with E-state index in [0.29, 0.717) is 39.9 Å². The lowest BCUT2D eigenvalue weighted by Crippen LogP contribution is -2.25. The molecule has 0 bridgehead atoms. The molecule has 0 spiro atoms. The van der Waals surface area contributed by atoms with Crippen molar-refractivity contribution in [2.24, 2.45) is 0 Å². The summed E-state index contributed by atoms with van der Waals surface area (Å²) in [4.78, 5) is 27.3. The SMILES string of the molecule is COc1ccc(CC(=O)Nc2ccc3c(c2)C(=O)N(C)c2cc(C)ccc2O3)cc1OC. The maximum Gasteiger partial charge on any atom is 0.261 e. The molecule has 4 rings (SSSR count). The normalized spacial score (nSPS) is 12.2. The molecule has 0 unspecified atom stereocenters. The van der Waals surface area contributed by atoms with E-state index in [1.807, 2.05) is 31.2 Å². The second-order valence-electron chi connectivity index (χ2n) is 7.56. The molecule has 32 heavy (non-hydrogen) atoms. The summed E-state index contributed by atoms with van der Waals surface area (Å²) in [6.07, 6.45) is 0.145. The summed E-state index contributed by atoms with van der Waals surface area (Å²) in [5.41, 5.74) is 3.40. The molecule has 1 aliphatic rings. The van der Waals surface area contributed by atoms with Gasteiger partial charge in [-0.05, 0) is 60.5 Å². The Bertz CT molecular complexity index is 1200. The Morgan fingerprint density at radius 3 is 2.47 bits per heavy atom. The fraction of sp³-hybridized carbons (Fsp3) is 0.200. The van der Waals surface area contributed by atoms with Crippen molar-refractivity contribution >= 4 is 23.2 Å². The van der Waals surface area contributed by atoms with Crippen molar-refractivity contribution in [3.05, 3.63) is 71.3 Å². The van der Waals surface area contributed by atoms with Gasteiger partial charge < -0.3 is 24.4 Å². The minimum atomic E-state index is -0.216. The Kier molecular flexibility index (Phi) is 5.73. The molecule has 3 aromatic rings. The number of nitrogens with zero attached hydrogens (tertiary/aromatic N) is 1. The van der Waals surface area contributed by atoms with Gasteiger partial charge in [0.2, 0.25) is 5.91 Å². The average molecular weight is 432 g/mol. The van der Waals surface area contributed by atoms with Crippen molar-refractivity contribution in [1.82, 2.24) is 0 Å².